The Balaban J connectivity index is 2.01. The van der Waals surface area contributed by atoms with Gasteiger partial charge < -0.3 is 5.32 Å². The number of halogens is 4. The maximum Gasteiger partial charge on any atom is 0.416 e. The maximum atomic E-state index is 12.8. The van der Waals surface area contributed by atoms with E-state index in [1.807, 2.05) is 0 Å². The fraction of sp³-hybridized carbons (Fsp3) is 0.278. The minimum atomic E-state index is -4.56. The van der Waals surface area contributed by atoms with Gasteiger partial charge in [-0.1, -0.05) is 29.8 Å². The first-order chi connectivity index (χ1) is 13.0. The Hall–Kier alpha value is -2.26. The number of para-hydroxylation sites is 1. The molecule has 0 aliphatic rings. The van der Waals surface area contributed by atoms with Gasteiger partial charge in [-0.2, -0.15) is 13.2 Å². The van der Waals surface area contributed by atoms with Gasteiger partial charge >= 0.3 is 6.18 Å². The number of anilines is 2. The molecule has 0 saturated carbocycles. The van der Waals surface area contributed by atoms with Crippen LogP contribution in [0.5, 0.6) is 0 Å². The summed E-state index contributed by atoms with van der Waals surface area (Å²) in [5, 5.41) is 2.31. The maximum absolute atomic E-state index is 12.8. The third-order valence-electron chi connectivity index (χ3n) is 3.78. The largest absolute Gasteiger partial charge is 0.416 e. The molecular formula is C18H18ClF3N2O3S. The molecule has 0 aliphatic carbocycles. The van der Waals surface area contributed by atoms with E-state index in [0.29, 0.717) is 5.69 Å². The fourth-order valence-corrected chi connectivity index (χ4v) is 3.60. The van der Waals surface area contributed by atoms with Crippen molar-refractivity contribution in [3.63, 3.8) is 0 Å². The molecule has 1 amide bonds. The van der Waals surface area contributed by atoms with Gasteiger partial charge in [0.1, 0.15) is 0 Å². The minimum absolute atomic E-state index is 0.0246. The Morgan fingerprint density at radius 2 is 1.79 bits per heavy atom. The van der Waals surface area contributed by atoms with Gasteiger partial charge in [-0.05, 0) is 36.8 Å². The second kappa shape index (κ2) is 8.83. The van der Waals surface area contributed by atoms with Crippen molar-refractivity contribution in [2.24, 2.45) is 0 Å². The lowest BCUT2D eigenvalue weighted by Gasteiger charge is -2.22. The van der Waals surface area contributed by atoms with E-state index in [1.165, 1.54) is 0 Å². The highest BCUT2D eigenvalue weighted by atomic mass is 35.5. The lowest BCUT2D eigenvalue weighted by Crippen LogP contribution is -2.31. The van der Waals surface area contributed by atoms with Gasteiger partial charge in [-0.15, -0.1) is 0 Å². The van der Waals surface area contributed by atoms with Crippen LogP contribution in [0, 0.1) is 0 Å². The molecule has 0 saturated heterocycles. The number of amides is 1. The Bertz CT molecular complexity index is 935. The molecule has 0 spiro atoms. The number of nitrogens with zero attached hydrogens (tertiary/aromatic N) is 1. The van der Waals surface area contributed by atoms with Crippen LogP contribution in [-0.2, 0) is 21.0 Å². The summed E-state index contributed by atoms with van der Waals surface area (Å²) in [7, 11) is -3.55. The molecule has 2 aromatic carbocycles. The number of carbonyl (C=O) groups is 1. The molecule has 0 aliphatic heterocycles. The van der Waals surface area contributed by atoms with Crippen molar-refractivity contribution in [1.29, 1.82) is 0 Å². The summed E-state index contributed by atoms with van der Waals surface area (Å²) in [6.07, 6.45) is -3.42. The van der Waals surface area contributed by atoms with Crippen molar-refractivity contribution >= 4 is 38.9 Å². The SMILES string of the molecule is CS(=O)(=O)N(CCCC(=O)Nc1cc(C(F)(F)F)ccc1Cl)c1ccccc1. The van der Waals surface area contributed by atoms with E-state index in [4.69, 9.17) is 11.6 Å². The molecule has 2 rings (SSSR count). The zero-order valence-electron chi connectivity index (χ0n) is 14.8. The summed E-state index contributed by atoms with van der Waals surface area (Å²) in [6, 6.07) is 11.0. The van der Waals surface area contributed by atoms with Crippen LogP contribution in [-0.4, -0.2) is 27.1 Å². The number of hydrogen-bond donors (Lipinski definition) is 1. The monoisotopic (exact) mass is 434 g/mol. The highest BCUT2D eigenvalue weighted by Crippen LogP contribution is 2.33. The molecule has 2 aromatic rings. The normalized spacial score (nSPS) is 11.9. The van der Waals surface area contributed by atoms with Gasteiger partial charge in [-0.25, -0.2) is 8.42 Å². The zero-order chi connectivity index (χ0) is 20.9. The van der Waals surface area contributed by atoms with Crippen molar-refractivity contribution in [3.8, 4) is 0 Å². The molecule has 10 heteroatoms. The van der Waals surface area contributed by atoms with Crippen molar-refractivity contribution in [1.82, 2.24) is 0 Å². The average Bonchev–Trinajstić information content (AvgIpc) is 2.59. The molecule has 28 heavy (non-hydrogen) atoms. The number of nitrogens with one attached hydrogen (secondary N) is 1. The number of benzene rings is 2. The first-order valence-electron chi connectivity index (χ1n) is 8.18. The van der Waals surface area contributed by atoms with E-state index in [1.54, 1.807) is 30.3 Å². The third-order valence-corrected chi connectivity index (χ3v) is 5.30. The van der Waals surface area contributed by atoms with Crippen LogP contribution in [0.2, 0.25) is 5.02 Å². The lowest BCUT2D eigenvalue weighted by atomic mass is 10.2. The highest BCUT2D eigenvalue weighted by molar-refractivity contribution is 7.92. The molecule has 1 N–H and O–H groups in total. The number of rotatable bonds is 7. The summed E-state index contributed by atoms with van der Waals surface area (Å²) in [6.45, 7) is 0.0482. The van der Waals surface area contributed by atoms with Gasteiger partial charge in [0, 0.05) is 13.0 Å². The smallest absolute Gasteiger partial charge is 0.325 e. The van der Waals surface area contributed by atoms with Crippen LogP contribution in [0.15, 0.2) is 48.5 Å². The topological polar surface area (TPSA) is 66.5 Å². The molecule has 0 atom stereocenters. The number of sulfonamides is 1. The zero-order valence-corrected chi connectivity index (χ0v) is 16.4. The first kappa shape index (κ1) is 22.0. The van der Waals surface area contributed by atoms with E-state index in [0.717, 1.165) is 28.8 Å². The van der Waals surface area contributed by atoms with Crippen LogP contribution in [0.4, 0.5) is 24.5 Å². The van der Waals surface area contributed by atoms with Crippen molar-refractivity contribution < 1.29 is 26.4 Å². The van der Waals surface area contributed by atoms with Gasteiger partial charge in [0.05, 0.1) is 28.2 Å². The molecule has 152 valence electrons. The molecule has 5 nitrogen and oxygen atoms in total. The van der Waals surface area contributed by atoms with Gasteiger partial charge in [0.25, 0.3) is 0 Å². The van der Waals surface area contributed by atoms with Crippen LogP contribution in [0.3, 0.4) is 0 Å². The molecule has 0 heterocycles. The standard InChI is InChI=1S/C18H18ClF3N2O3S/c1-28(26,27)24(14-6-3-2-4-7-14)11-5-8-17(25)23-16-12-13(18(20,21)22)9-10-15(16)19/h2-4,6-7,9-10,12H,5,8,11H2,1H3,(H,23,25). The molecule has 0 unspecified atom stereocenters. The Labute approximate surface area is 166 Å². The molecule has 0 fully saturated rings. The van der Waals surface area contributed by atoms with Crippen LogP contribution in [0.25, 0.3) is 0 Å². The van der Waals surface area contributed by atoms with Gasteiger partial charge in [0.15, 0.2) is 0 Å². The Kier molecular flexibility index (Phi) is 6.95. The van der Waals surface area contributed by atoms with E-state index in [2.05, 4.69) is 5.32 Å². The first-order valence-corrected chi connectivity index (χ1v) is 10.4. The summed E-state index contributed by atoms with van der Waals surface area (Å²) in [4.78, 5) is 12.1. The van der Waals surface area contributed by atoms with Crippen LogP contribution >= 0.6 is 11.6 Å². The quantitative estimate of drug-likeness (QED) is 0.695. The minimum Gasteiger partial charge on any atom is -0.325 e. The second-order valence-electron chi connectivity index (χ2n) is 6.01. The summed E-state index contributed by atoms with van der Waals surface area (Å²) in [5.74, 6) is -0.567. The van der Waals surface area contributed by atoms with Crippen molar-refractivity contribution in [2.45, 2.75) is 19.0 Å². The van der Waals surface area contributed by atoms with E-state index >= 15 is 0 Å². The average molecular weight is 435 g/mol. The number of carbonyl (C=O) groups excluding carboxylic acids is 1. The Morgan fingerprint density at radius 3 is 2.36 bits per heavy atom. The fourth-order valence-electron chi connectivity index (χ4n) is 2.47. The lowest BCUT2D eigenvalue weighted by molar-refractivity contribution is -0.137. The molecule has 0 aromatic heterocycles. The number of hydrogen-bond acceptors (Lipinski definition) is 3. The summed E-state index contributed by atoms with van der Waals surface area (Å²) < 4.78 is 63.5. The third kappa shape index (κ3) is 6.13. The van der Waals surface area contributed by atoms with Crippen LogP contribution in [0.1, 0.15) is 18.4 Å². The van der Waals surface area contributed by atoms with Crippen molar-refractivity contribution in [2.75, 3.05) is 22.4 Å². The van der Waals surface area contributed by atoms with Crippen molar-refractivity contribution in [3.05, 3.63) is 59.1 Å². The summed E-state index contributed by atoms with van der Waals surface area (Å²) in [5.41, 5.74) is -0.615. The van der Waals surface area contributed by atoms with E-state index < -0.39 is 27.7 Å². The van der Waals surface area contributed by atoms with Gasteiger partial charge in [-0.3, -0.25) is 9.10 Å². The summed E-state index contributed by atoms with van der Waals surface area (Å²) >= 11 is 5.85. The van der Waals surface area contributed by atoms with Crippen LogP contribution < -0.4 is 9.62 Å². The molecule has 0 radical (unpaired) electrons. The van der Waals surface area contributed by atoms with E-state index in [-0.39, 0.29) is 30.1 Å². The Morgan fingerprint density at radius 1 is 1.14 bits per heavy atom. The second-order valence-corrected chi connectivity index (χ2v) is 8.33. The highest BCUT2D eigenvalue weighted by Gasteiger charge is 2.31. The predicted molar refractivity (Wildman–Crippen MR) is 103 cm³/mol. The molecular weight excluding hydrogens is 417 g/mol. The number of alkyl halides is 3. The molecule has 0 bridgehead atoms. The van der Waals surface area contributed by atoms with E-state index in [9.17, 15) is 26.4 Å². The van der Waals surface area contributed by atoms with Gasteiger partial charge in [0.2, 0.25) is 15.9 Å². The predicted octanol–water partition coefficient (Wildman–Crippen LogP) is 4.54.